The fraction of sp³-hybridized carbons (Fsp3) is 0.100. The zero-order valence-corrected chi connectivity index (χ0v) is 10.7. The zero-order valence-electron chi connectivity index (χ0n) is 8.41. The van der Waals surface area contributed by atoms with E-state index in [2.05, 4.69) is 36.2 Å². The Kier molecular flexibility index (Phi) is 3.36. The van der Waals surface area contributed by atoms with Crippen LogP contribution in [0.5, 0.6) is 0 Å². The van der Waals surface area contributed by atoms with Gasteiger partial charge in [0.1, 0.15) is 5.82 Å². The quantitative estimate of drug-likeness (QED) is 0.864. The summed E-state index contributed by atoms with van der Waals surface area (Å²) in [4.78, 5) is 12.1. The van der Waals surface area contributed by atoms with Crippen LogP contribution in [0.3, 0.4) is 0 Å². The van der Waals surface area contributed by atoms with Gasteiger partial charge in [-0.25, -0.2) is 9.97 Å². The molecule has 2 heterocycles. The summed E-state index contributed by atoms with van der Waals surface area (Å²) in [7, 11) is 0. The summed E-state index contributed by atoms with van der Waals surface area (Å²) in [6.07, 6.45) is 3.31. The Bertz CT molecular complexity index is 518. The SMILES string of the molecule is Cc1cccnc1Nc1nc(Cl)ncc1Br. The van der Waals surface area contributed by atoms with Crippen molar-refractivity contribution in [2.45, 2.75) is 6.92 Å². The molecule has 0 amide bonds. The van der Waals surface area contributed by atoms with Crippen LogP contribution < -0.4 is 5.32 Å². The lowest BCUT2D eigenvalue weighted by Gasteiger charge is -2.08. The van der Waals surface area contributed by atoms with Crippen molar-refractivity contribution in [3.05, 3.63) is 39.8 Å². The Morgan fingerprint density at radius 3 is 2.88 bits per heavy atom. The van der Waals surface area contributed by atoms with Gasteiger partial charge in [0.15, 0.2) is 5.82 Å². The molecule has 0 saturated heterocycles. The minimum Gasteiger partial charge on any atom is -0.324 e. The molecular weight excluding hydrogens is 291 g/mol. The van der Waals surface area contributed by atoms with E-state index >= 15 is 0 Å². The second-order valence-electron chi connectivity index (χ2n) is 3.13. The summed E-state index contributed by atoms with van der Waals surface area (Å²) in [5, 5.41) is 3.28. The molecule has 0 aromatic carbocycles. The van der Waals surface area contributed by atoms with E-state index in [1.807, 2.05) is 19.1 Å². The smallest absolute Gasteiger partial charge is 0.224 e. The third-order valence-corrected chi connectivity index (χ3v) is 2.72. The number of hydrogen-bond donors (Lipinski definition) is 1. The summed E-state index contributed by atoms with van der Waals surface area (Å²) in [5.74, 6) is 1.35. The number of aromatic nitrogens is 3. The van der Waals surface area contributed by atoms with Crippen molar-refractivity contribution in [1.82, 2.24) is 15.0 Å². The molecule has 0 fully saturated rings. The molecule has 0 spiro atoms. The number of pyridine rings is 1. The van der Waals surface area contributed by atoms with Gasteiger partial charge in [-0.15, -0.1) is 0 Å². The van der Waals surface area contributed by atoms with Crippen molar-refractivity contribution in [1.29, 1.82) is 0 Å². The molecule has 0 aliphatic rings. The largest absolute Gasteiger partial charge is 0.324 e. The molecule has 16 heavy (non-hydrogen) atoms. The molecule has 2 aromatic rings. The Hall–Kier alpha value is -1.20. The average Bonchev–Trinajstić information content (AvgIpc) is 2.27. The van der Waals surface area contributed by atoms with Crippen LogP contribution in [0, 0.1) is 6.92 Å². The fourth-order valence-electron chi connectivity index (χ4n) is 1.16. The molecule has 1 N–H and O–H groups in total. The number of nitrogens with zero attached hydrogens (tertiary/aromatic N) is 3. The Balaban J connectivity index is 2.34. The van der Waals surface area contributed by atoms with Gasteiger partial charge in [0, 0.05) is 12.4 Å². The maximum Gasteiger partial charge on any atom is 0.224 e. The highest BCUT2D eigenvalue weighted by atomic mass is 79.9. The first-order valence-electron chi connectivity index (χ1n) is 4.53. The molecule has 0 aliphatic carbocycles. The van der Waals surface area contributed by atoms with E-state index in [1.54, 1.807) is 12.4 Å². The Morgan fingerprint density at radius 1 is 1.31 bits per heavy atom. The number of anilines is 2. The number of hydrogen-bond acceptors (Lipinski definition) is 4. The molecule has 0 radical (unpaired) electrons. The monoisotopic (exact) mass is 298 g/mol. The topological polar surface area (TPSA) is 50.7 Å². The minimum absolute atomic E-state index is 0.194. The predicted octanol–water partition coefficient (Wildman–Crippen LogP) is 3.34. The number of rotatable bonds is 2. The second kappa shape index (κ2) is 4.76. The van der Waals surface area contributed by atoms with Gasteiger partial charge >= 0.3 is 0 Å². The highest BCUT2D eigenvalue weighted by Crippen LogP contribution is 2.24. The molecule has 0 unspecified atom stereocenters. The molecule has 0 saturated carbocycles. The Labute approximate surface area is 106 Å². The molecule has 2 aromatic heterocycles. The summed E-state index contributed by atoms with van der Waals surface area (Å²) >= 11 is 9.06. The zero-order chi connectivity index (χ0) is 11.5. The van der Waals surface area contributed by atoms with Gasteiger partial charge in [-0.1, -0.05) is 6.07 Å². The van der Waals surface area contributed by atoms with Gasteiger partial charge in [-0.2, -0.15) is 4.98 Å². The maximum absolute atomic E-state index is 5.72. The Morgan fingerprint density at radius 2 is 2.12 bits per heavy atom. The third kappa shape index (κ3) is 2.48. The molecule has 0 bridgehead atoms. The van der Waals surface area contributed by atoms with E-state index in [4.69, 9.17) is 11.6 Å². The van der Waals surface area contributed by atoms with Gasteiger partial charge in [-0.3, -0.25) is 0 Å². The summed E-state index contributed by atoms with van der Waals surface area (Å²) in [6.45, 7) is 1.96. The molecule has 4 nitrogen and oxygen atoms in total. The van der Waals surface area contributed by atoms with Crippen LogP contribution in [0.15, 0.2) is 29.0 Å². The van der Waals surface area contributed by atoms with Crippen LogP contribution in [-0.4, -0.2) is 15.0 Å². The van der Waals surface area contributed by atoms with Crippen LogP contribution in [-0.2, 0) is 0 Å². The van der Waals surface area contributed by atoms with Crippen molar-refractivity contribution >= 4 is 39.2 Å². The molecule has 6 heteroatoms. The van der Waals surface area contributed by atoms with E-state index in [0.717, 1.165) is 15.9 Å². The standard InChI is InChI=1S/C10H8BrClN4/c1-6-3-2-4-13-8(6)15-9-7(11)5-14-10(12)16-9/h2-5H,1H3,(H,13,14,15,16). The summed E-state index contributed by atoms with van der Waals surface area (Å²) < 4.78 is 0.738. The van der Waals surface area contributed by atoms with Gasteiger partial charge in [0.2, 0.25) is 5.28 Å². The molecular formula is C10H8BrClN4. The van der Waals surface area contributed by atoms with Crippen molar-refractivity contribution in [2.24, 2.45) is 0 Å². The predicted molar refractivity (Wildman–Crippen MR) is 67.0 cm³/mol. The summed E-state index contributed by atoms with van der Waals surface area (Å²) in [6, 6.07) is 3.84. The minimum atomic E-state index is 0.194. The van der Waals surface area contributed by atoms with Gasteiger partial charge in [-0.05, 0) is 46.1 Å². The molecule has 0 aliphatic heterocycles. The first-order chi connectivity index (χ1) is 7.66. The van der Waals surface area contributed by atoms with Crippen LogP contribution in [0.25, 0.3) is 0 Å². The molecule has 0 atom stereocenters. The summed E-state index contributed by atoms with van der Waals surface area (Å²) in [5.41, 5.74) is 1.03. The number of nitrogens with one attached hydrogen (secondary N) is 1. The fourth-order valence-corrected chi connectivity index (χ4v) is 1.59. The normalized spacial score (nSPS) is 10.2. The first-order valence-corrected chi connectivity index (χ1v) is 5.70. The third-order valence-electron chi connectivity index (χ3n) is 1.96. The lowest BCUT2D eigenvalue weighted by Crippen LogP contribution is -1.99. The van der Waals surface area contributed by atoms with Crippen LogP contribution in [0.2, 0.25) is 5.28 Å². The van der Waals surface area contributed by atoms with E-state index in [9.17, 15) is 0 Å². The van der Waals surface area contributed by atoms with E-state index < -0.39 is 0 Å². The first kappa shape index (κ1) is 11.3. The second-order valence-corrected chi connectivity index (χ2v) is 4.32. The average molecular weight is 300 g/mol. The maximum atomic E-state index is 5.72. The van der Waals surface area contributed by atoms with Gasteiger partial charge in [0.25, 0.3) is 0 Å². The van der Waals surface area contributed by atoms with Crippen molar-refractivity contribution in [3.8, 4) is 0 Å². The van der Waals surface area contributed by atoms with Crippen molar-refractivity contribution < 1.29 is 0 Å². The van der Waals surface area contributed by atoms with Gasteiger partial charge in [0.05, 0.1) is 4.47 Å². The van der Waals surface area contributed by atoms with E-state index in [1.165, 1.54) is 0 Å². The van der Waals surface area contributed by atoms with E-state index in [0.29, 0.717) is 5.82 Å². The number of aryl methyl sites for hydroxylation is 1. The van der Waals surface area contributed by atoms with Gasteiger partial charge < -0.3 is 5.32 Å². The highest BCUT2D eigenvalue weighted by Gasteiger charge is 2.06. The van der Waals surface area contributed by atoms with Crippen LogP contribution >= 0.6 is 27.5 Å². The lowest BCUT2D eigenvalue weighted by molar-refractivity contribution is 1.14. The van der Waals surface area contributed by atoms with Crippen molar-refractivity contribution in [2.75, 3.05) is 5.32 Å². The number of halogens is 2. The highest BCUT2D eigenvalue weighted by molar-refractivity contribution is 9.10. The molecule has 82 valence electrons. The van der Waals surface area contributed by atoms with Crippen molar-refractivity contribution in [3.63, 3.8) is 0 Å². The van der Waals surface area contributed by atoms with Crippen LogP contribution in [0.1, 0.15) is 5.56 Å². The van der Waals surface area contributed by atoms with E-state index in [-0.39, 0.29) is 5.28 Å². The lowest BCUT2D eigenvalue weighted by atomic mass is 10.3. The molecule has 2 rings (SSSR count). The van der Waals surface area contributed by atoms with Crippen LogP contribution in [0.4, 0.5) is 11.6 Å².